The number of hydrogen-bond acceptors (Lipinski definition) is 4. The van der Waals surface area contributed by atoms with Crippen molar-refractivity contribution in [2.75, 3.05) is 13.1 Å². The molecule has 1 atom stereocenters. The van der Waals surface area contributed by atoms with E-state index in [9.17, 15) is 8.42 Å². The van der Waals surface area contributed by atoms with Crippen molar-refractivity contribution in [2.24, 2.45) is 0 Å². The minimum absolute atomic E-state index is 0.0413. The van der Waals surface area contributed by atoms with Gasteiger partial charge in [-0.05, 0) is 31.5 Å². The second-order valence-corrected chi connectivity index (χ2v) is 6.40. The van der Waals surface area contributed by atoms with Crippen molar-refractivity contribution in [2.45, 2.75) is 23.8 Å². The lowest BCUT2D eigenvalue weighted by Gasteiger charge is -2.23. The monoisotopic (exact) mass is 280 g/mol. The summed E-state index contributed by atoms with van der Waals surface area (Å²) < 4.78 is 27.5. The highest BCUT2D eigenvalue weighted by Gasteiger charge is 2.24. The lowest BCUT2D eigenvalue weighted by Crippen LogP contribution is -2.45. The van der Waals surface area contributed by atoms with Crippen LogP contribution in [-0.2, 0) is 10.0 Å². The zero-order valence-electron chi connectivity index (χ0n) is 10.4. The van der Waals surface area contributed by atoms with Gasteiger partial charge in [0, 0.05) is 30.4 Å². The number of nitrogens with one attached hydrogen (secondary N) is 3. The van der Waals surface area contributed by atoms with Gasteiger partial charge in [0.05, 0.1) is 0 Å². The van der Waals surface area contributed by atoms with Crippen LogP contribution in [0.5, 0.6) is 0 Å². The van der Waals surface area contributed by atoms with Gasteiger partial charge in [0.1, 0.15) is 10.5 Å². The van der Waals surface area contributed by atoms with Gasteiger partial charge in [-0.1, -0.05) is 0 Å². The molecule has 0 unspecified atom stereocenters. The molecule has 0 amide bonds. The Morgan fingerprint density at radius 2 is 2.32 bits per heavy atom. The van der Waals surface area contributed by atoms with Gasteiger partial charge < -0.3 is 10.3 Å². The van der Waals surface area contributed by atoms with Crippen LogP contribution in [0.4, 0.5) is 0 Å². The van der Waals surface area contributed by atoms with Crippen molar-refractivity contribution in [3.05, 3.63) is 24.5 Å². The fraction of sp³-hybridized carbons (Fsp3) is 0.417. The van der Waals surface area contributed by atoms with E-state index >= 15 is 0 Å². The average molecular weight is 280 g/mol. The first kappa shape index (κ1) is 12.6. The number of aromatic amines is 1. The van der Waals surface area contributed by atoms with Crippen LogP contribution in [-0.4, -0.2) is 37.5 Å². The molecule has 3 rings (SSSR count). The highest BCUT2D eigenvalue weighted by Crippen LogP contribution is 2.21. The molecular weight excluding hydrogens is 264 g/mol. The van der Waals surface area contributed by atoms with Crippen molar-refractivity contribution < 1.29 is 8.42 Å². The van der Waals surface area contributed by atoms with Gasteiger partial charge >= 0.3 is 0 Å². The molecule has 0 aromatic carbocycles. The second kappa shape index (κ2) is 4.92. The van der Waals surface area contributed by atoms with Crippen LogP contribution < -0.4 is 10.0 Å². The molecule has 2 aromatic heterocycles. The van der Waals surface area contributed by atoms with Gasteiger partial charge in [-0.15, -0.1) is 0 Å². The quantitative estimate of drug-likeness (QED) is 0.768. The minimum atomic E-state index is -3.50. The Kier molecular flexibility index (Phi) is 3.26. The van der Waals surface area contributed by atoms with Crippen LogP contribution >= 0.6 is 0 Å². The fourth-order valence-corrected chi connectivity index (χ4v) is 3.82. The number of aromatic nitrogens is 2. The predicted octanol–water partition coefficient (Wildman–Crippen LogP) is 0.593. The van der Waals surface area contributed by atoms with Crippen molar-refractivity contribution in [3.8, 4) is 0 Å². The number of fused-ring (bicyclic) bond motifs is 1. The van der Waals surface area contributed by atoms with Gasteiger partial charge in [-0.2, -0.15) is 0 Å². The SMILES string of the molecule is O=S(=O)(N[C@H]1CCCNC1)c1c[nH]c2ncccc12. The van der Waals surface area contributed by atoms with Gasteiger partial charge in [0.2, 0.25) is 10.0 Å². The van der Waals surface area contributed by atoms with Crippen LogP contribution in [0.1, 0.15) is 12.8 Å². The third kappa shape index (κ3) is 2.49. The summed E-state index contributed by atoms with van der Waals surface area (Å²) >= 11 is 0. The van der Waals surface area contributed by atoms with E-state index in [1.807, 2.05) is 0 Å². The van der Waals surface area contributed by atoms with Crippen molar-refractivity contribution in [1.82, 2.24) is 20.0 Å². The van der Waals surface area contributed by atoms with E-state index < -0.39 is 10.0 Å². The zero-order chi connectivity index (χ0) is 13.3. The molecule has 102 valence electrons. The smallest absolute Gasteiger partial charge is 0.243 e. The second-order valence-electron chi connectivity index (χ2n) is 4.72. The number of piperidine rings is 1. The van der Waals surface area contributed by atoms with Crippen LogP contribution in [0.15, 0.2) is 29.4 Å². The van der Waals surface area contributed by atoms with Gasteiger partial charge in [-0.3, -0.25) is 0 Å². The number of H-pyrrole nitrogens is 1. The number of pyridine rings is 1. The Balaban J connectivity index is 1.91. The van der Waals surface area contributed by atoms with Crippen LogP contribution in [0.25, 0.3) is 11.0 Å². The Bertz CT molecular complexity index is 674. The standard InChI is InChI=1S/C12H16N4O2S/c17-19(18,16-9-3-1-5-13-7-9)11-8-15-12-10(11)4-2-6-14-12/h2,4,6,8-9,13,16H,1,3,5,7H2,(H,14,15)/t9-/m0/s1. The molecule has 0 saturated carbocycles. The van der Waals surface area contributed by atoms with E-state index in [4.69, 9.17) is 0 Å². The minimum Gasteiger partial charge on any atom is -0.345 e. The molecule has 1 aliphatic rings. The topological polar surface area (TPSA) is 86.9 Å². The van der Waals surface area contributed by atoms with E-state index in [0.29, 0.717) is 17.6 Å². The summed E-state index contributed by atoms with van der Waals surface area (Å²) in [4.78, 5) is 7.25. The molecule has 7 heteroatoms. The van der Waals surface area contributed by atoms with Crippen LogP contribution in [0.2, 0.25) is 0 Å². The molecule has 1 saturated heterocycles. The fourth-order valence-electron chi connectivity index (χ4n) is 2.39. The molecule has 0 aliphatic carbocycles. The van der Waals surface area contributed by atoms with Crippen LogP contribution in [0, 0.1) is 0 Å². The van der Waals surface area contributed by atoms with Crippen molar-refractivity contribution in [1.29, 1.82) is 0 Å². The highest BCUT2D eigenvalue weighted by molar-refractivity contribution is 7.89. The number of hydrogen-bond donors (Lipinski definition) is 3. The maximum atomic E-state index is 12.4. The molecule has 3 heterocycles. The van der Waals surface area contributed by atoms with Gasteiger partial charge in [0.15, 0.2) is 0 Å². The molecule has 0 spiro atoms. The third-order valence-electron chi connectivity index (χ3n) is 3.32. The summed E-state index contributed by atoms with van der Waals surface area (Å²) in [7, 11) is -3.50. The highest BCUT2D eigenvalue weighted by atomic mass is 32.2. The Morgan fingerprint density at radius 1 is 1.42 bits per heavy atom. The van der Waals surface area contributed by atoms with Crippen molar-refractivity contribution in [3.63, 3.8) is 0 Å². The summed E-state index contributed by atoms with van der Waals surface area (Å²) in [6.07, 6.45) is 4.99. The van der Waals surface area contributed by atoms with E-state index in [2.05, 4.69) is 20.0 Å². The zero-order valence-corrected chi connectivity index (χ0v) is 11.2. The van der Waals surface area contributed by atoms with E-state index in [1.54, 1.807) is 18.3 Å². The van der Waals surface area contributed by atoms with E-state index in [1.165, 1.54) is 6.20 Å². The first-order valence-electron chi connectivity index (χ1n) is 6.32. The molecule has 2 aromatic rings. The number of sulfonamides is 1. The average Bonchev–Trinajstić information content (AvgIpc) is 2.84. The third-order valence-corrected chi connectivity index (χ3v) is 4.88. The summed E-state index contributed by atoms with van der Waals surface area (Å²) in [6, 6.07) is 3.45. The van der Waals surface area contributed by atoms with Crippen molar-refractivity contribution >= 4 is 21.1 Å². The van der Waals surface area contributed by atoms with Gasteiger partial charge in [0.25, 0.3) is 0 Å². The Hall–Kier alpha value is -1.44. The first-order chi connectivity index (χ1) is 9.17. The number of nitrogens with zero attached hydrogens (tertiary/aromatic N) is 1. The lowest BCUT2D eigenvalue weighted by atomic mass is 10.1. The number of rotatable bonds is 3. The maximum absolute atomic E-state index is 12.4. The Morgan fingerprint density at radius 3 is 3.11 bits per heavy atom. The lowest BCUT2D eigenvalue weighted by molar-refractivity contribution is 0.429. The summed E-state index contributed by atoms with van der Waals surface area (Å²) in [6.45, 7) is 1.63. The predicted molar refractivity (Wildman–Crippen MR) is 72.3 cm³/mol. The summed E-state index contributed by atoms with van der Waals surface area (Å²) in [5, 5.41) is 3.82. The largest absolute Gasteiger partial charge is 0.345 e. The molecule has 0 bridgehead atoms. The molecule has 0 radical (unpaired) electrons. The molecule has 6 nitrogen and oxygen atoms in total. The normalized spacial score (nSPS) is 20.7. The first-order valence-corrected chi connectivity index (χ1v) is 7.80. The van der Waals surface area contributed by atoms with E-state index in [0.717, 1.165) is 19.4 Å². The van der Waals surface area contributed by atoms with E-state index in [-0.39, 0.29) is 10.9 Å². The molecule has 19 heavy (non-hydrogen) atoms. The molecular formula is C12H16N4O2S. The Labute approximate surface area is 111 Å². The summed E-state index contributed by atoms with van der Waals surface area (Å²) in [5.74, 6) is 0. The maximum Gasteiger partial charge on any atom is 0.243 e. The summed E-state index contributed by atoms with van der Waals surface area (Å²) in [5.41, 5.74) is 0.588. The molecule has 1 aliphatic heterocycles. The molecule has 3 N–H and O–H groups in total. The van der Waals surface area contributed by atoms with Gasteiger partial charge in [-0.25, -0.2) is 18.1 Å². The molecule has 1 fully saturated rings. The van der Waals surface area contributed by atoms with Crippen LogP contribution in [0.3, 0.4) is 0 Å².